The molecule has 0 radical (unpaired) electrons. The fourth-order valence-corrected chi connectivity index (χ4v) is 6.55. The summed E-state index contributed by atoms with van der Waals surface area (Å²) in [6.45, 7) is 1.96. The molecule has 0 fully saturated rings. The van der Waals surface area contributed by atoms with Crippen LogP contribution < -0.4 is 0 Å². The number of nitrogens with zero attached hydrogens (tertiary/aromatic N) is 1. The second kappa shape index (κ2) is 8.85. The van der Waals surface area contributed by atoms with Gasteiger partial charge in [0.25, 0.3) is 10.0 Å². The van der Waals surface area contributed by atoms with Gasteiger partial charge in [0, 0.05) is 17.1 Å². The molecule has 5 heteroatoms. The van der Waals surface area contributed by atoms with Crippen LogP contribution in [0.5, 0.6) is 0 Å². The van der Waals surface area contributed by atoms with Crippen LogP contribution in [0.1, 0.15) is 40.8 Å². The fraction of sp³-hybridized carbons (Fsp3) is 0.214. The summed E-state index contributed by atoms with van der Waals surface area (Å²) in [7, 11) is -3.81. The van der Waals surface area contributed by atoms with E-state index < -0.39 is 10.0 Å². The molecule has 33 heavy (non-hydrogen) atoms. The summed E-state index contributed by atoms with van der Waals surface area (Å²) in [4.78, 5) is 0.310. The van der Waals surface area contributed by atoms with Gasteiger partial charge in [-0.25, -0.2) is 12.4 Å². The maximum Gasteiger partial charge on any atom is 0.268 e. The molecule has 1 heterocycles. The Hall–Kier alpha value is -2.82. The molecule has 3 aromatic carbocycles. The van der Waals surface area contributed by atoms with Crippen molar-refractivity contribution >= 4 is 21.6 Å². The van der Waals surface area contributed by atoms with E-state index >= 15 is 0 Å². The lowest BCUT2D eigenvalue weighted by atomic mass is 9.89. The molecular formula is C28H26ClNO2S. The van der Waals surface area contributed by atoms with Gasteiger partial charge in [-0.15, -0.1) is 0 Å². The van der Waals surface area contributed by atoms with Gasteiger partial charge in [0.2, 0.25) is 0 Å². The second-order valence-electron chi connectivity index (χ2n) is 8.71. The molecule has 1 aliphatic carbocycles. The predicted molar refractivity (Wildman–Crippen MR) is 135 cm³/mol. The van der Waals surface area contributed by atoms with E-state index in [1.165, 1.54) is 5.56 Å². The lowest BCUT2D eigenvalue weighted by molar-refractivity contribution is 0.586. The SMILES string of the molecule is Cc1ccc(S(=O)(=O)n2c(Cc3ccccc3)c3c(c2-c2ccc(Cl)cc2)CCCC3)cc1. The van der Waals surface area contributed by atoms with Crippen molar-refractivity contribution in [1.82, 2.24) is 3.97 Å². The number of aryl methyl sites for hydroxylation is 1. The number of benzene rings is 3. The zero-order chi connectivity index (χ0) is 23.0. The third kappa shape index (κ3) is 4.14. The van der Waals surface area contributed by atoms with Crippen LogP contribution in [0.3, 0.4) is 0 Å². The maximum atomic E-state index is 14.2. The molecule has 3 nitrogen and oxygen atoms in total. The smallest absolute Gasteiger partial charge is 0.237 e. The van der Waals surface area contributed by atoms with Crippen LogP contribution in [0.15, 0.2) is 83.8 Å². The largest absolute Gasteiger partial charge is 0.268 e. The molecule has 168 valence electrons. The highest BCUT2D eigenvalue weighted by Gasteiger charge is 2.32. The predicted octanol–water partition coefficient (Wildman–Crippen LogP) is 6.82. The molecule has 0 N–H and O–H groups in total. The number of hydrogen-bond donors (Lipinski definition) is 0. The molecule has 4 aromatic rings. The van der Waals surface area contributed by atoms with Crippen molar-refractivity contribution in [1.29, 1.82) is 0 Å². The minimum absolute atomic E-state index is 0.310. The number of fused-ring (bicyclic) bond motifs is 1. The summed E-state index contributed by atoms with van der Waals surface area (Å²) in [6, 6.07) is 24.8. The van der Waals surface area contributed by atoms with Gasteiger partial charge in [0.15, 0.2) is 0 Å². The summed E-state index contributed by atoms with van der Waals surface area (Å²) in [6.07, 6.45) is 4.48. The highest BCUT2D eigenvalue weighted by molar-refractivity contribution is 7.90. The molecule has 0 spiro atoms. The van der Waals surface area contributed by atoms with Crippen molar-refractivity contribution in [2.24, 2.45) is 0 Å². The molecule has 1 aliphatic rings. The van der Waals surface area contributed by atoms with Gasteiger partial charge >= 0.3 is 0 Å². The Balaban J connectivity index is 1.81. The minimum Gasteiger partial charge on any atom is -0.237 e. The van der Waals surface area contributed by atoms with Crippen LogP contribution in [-0.2, 0) is 29.3 Å². The van der Waals surface area contributed by atoms with E-state index in [0.29, 0.717) is 16.3 Å². The van der Waals surface area contributed by atoms with Crippen LogP contribution in [0.4, 0.5) is 0 Å². The van der Waals surface area contributed by atoms with Gasteiger partial charge in [0.1, 0.15) is 0 Å². The Morgan fingerprint density at radius 2 is 1.45 bits per heavy atom. The number of rotatable bonds is 5. The zero-order valence-electron chi connectivity index (χ0n) is 18.6. The van der Waals surface area contributed by atoms with Crippen molar-refractivity contribution < 1.29 is 8.42 Å². The molecule has 0 saturated carbocycles. The van der Waals surface area contributed by atoms with Crippen molar-refractivity contribution in [3.8, 4) is 11.3 Å². The molecule has 0 bridgehead atoms. The standard InChI is InChI=1S/C28H26ClNO2S/c1-20-11-17-24(18-12-20)33(31,32)30-27(19-21-7-3-2-4-8-21)25-9-5-6-10-26(25)28(30)22-13-15-23(29)16-14-22/h2-4,7-8,11-18H,5-6,9-10,19H2,1H3. The normalized spacial score (nSPS) is 13.6. The van der Waals surface area contributed by atoms with Crippen LogP contribution in [0, 0.1) is 6.92 Å². The summed E-state index contributed by atoms with van der Waals surface area (Å²) < 4.78 is 30.0. The topological polar surface area (TPSA) is 39.1 Å². The molecule has 0 atom stereocenters. The van der Waals surface area contributed by atoms with Crippen molar-refractivity contribution in [2.45, 2.75) is 43.9 Å². The quantitative estimate of drug-likeness (QED) is 0.317. The van der Waals surface area contributed by atoms with Gasteiger partial charge in [-0.05, 0) is 79.1 Å². The van der Waals surface area contributed by atoms with Crippen LogP contribution in [-0.4, -0.2) is 12.4 Å². The van der Waals surface area contributed by atoms with E-state index in [-0.39, 0.29) is 0 Å². The Morgan fingerprint density at radius 1 is 0.818 bits per heavy atom. The molecule has 0 unspecified atom stereocenters. The van der Waals surface area contributed by atoms with Crippen molar-refractivity contribution in [2.75, 3.05) is 0 Å². The average Bonchev–Trinajstić information content (AvgIpc) is 3.15. The molecule has 0 saturated heterocycles. The Bertz CT molecular complexity index is 1390. The van der Waals surface area contributed by atoms with Crippen LogP contribution in [0.2, 0.25) is 5.02 Å². The van der Waals surface area contributed by atoms with Gasteiger partial charge in [-0.1, -0.05) is 71.8 Å². The first-order valence-electron chi connectivity index (χ1n) is 11.3. The number of aromatic nitrogens is 1. The molecule has 0 amide bonds. The first-order chi connectivity index (χ1) is 15.9. The second-order valence-corrected chi connectivity index (χ2v) is 10.9. The van der Waals surface area contributed by atoms with Gasteiger partial charge in [0.05, 0.1) is 10.6 Å². The third-order valence-electron chi connectivity index (χ3n) is 6.44. The van der Waals surface area contributed by atoms with E-state index in [1.54, 1.807) is 16.1 Å². The van der Waals surface area contributed by atoms with Crippen LogP contribution >= 0.6 is 11.6 Å². The molecule has 0 aliphatic heterocycles. The highest BCUT2D eigenvalue weighted by atomic mass is 35.5. The molecule has 1 aromatic heterocycles. The third-order valence-corrected chi connectivity index (χ3v) is 8.45. The van der Waals surface area contributed by atoms with Crippen molar-refractivity contribution in [3.63, 3.8) is 0 Å². The molecular weight excluding hydrogens is 450 g/mol. The lowest BCUT2D eigenvalue weighted by Gasteiger charge is -2.16. The maximum absolute atomic E-state index is 14.2. The van der Waals surface area contributed by atoms with E-state index in [9.17, 15) is 8.42 Å². The summed E-state index contributed by atoms with van der Waals surface area (Å²) in [5.74, 6) is 0. The Labute approximate surface area is 200 Å². The first-order valence-corrected chi connectivity index (χ1v) is 13.1. The summed E-state index contributed by atoms with van der Waals surface area (Å²) in [5.41, 5.74) is 7.02. The first kappa shape index (κ1) is 22.0. The summed E-state index contributed by atoms with van der Waals surface area (Å²) >= 11 is 6.17. The highest BCUT2D eigenvalue weighted by Crippen LogP contribution is 2.40. The van der Waals surface area contributed by atoms with Gasteiger partial charge in [-0.2, -0.15) is 0 Å². The fourth-order valence-electron chi connectivity index (χ4n) is 4.81. The van der Waals surface area contributed by atoms with E-state index in [2.05, 4.69) is 12.1 Å². The summed E-state index contributed by atoms with van der Waals surface area (Å²) in [5, 5.41) is 0.636. The number of hydrogen-bond acceptors (Lipinski definition) is 2. The van der Waals surface area contributed by atoms with Crippen molar-refractivity contribution in [3.05, 3.63) is 112 Å². The van der Waals surface area contributed by atoms with Gasteiger partial charge in [-0.3, -0.25) is 0 Å². The van der Waals surface area contributed by atoms with E-state index in [1.807, 2.05) is 61.5 Å². The average molecular weight is 476 g/mol. The number of halogens is 1. The van der Waals surface area contributed by atoms with Gasteiger partial charge < -0.3 is 0 Å². The monoisotopic (exact) mass is 475 g/mol. The van der Waals surface area contributed by atoms with Crippen LogP contribution in [0.25, 0.3) is 11.3 Å². The Kier molecular flexibility index (Phi) is 5.90. The minimum atomic E-state index is -3.81. The Morgan fingerprint density at radius 3 is 2.12 bits per heavy atom. The molecule has 5 rings (SSSR count). The van der Waals surface area contributed by atoms with E-state index in [0.717, 1.165) is 59.3 Å². The van der Waals surface area contributed by atoms with E-state index in [4.69, 9.17) is 11.6 Å². The lowest BCUT2D eigenvalue weighted by Crippen LogP contribution is -2.18. The zero-order valence-corrected chi connectivity index (χ0v) is 20.2.